The predicted octanol–water partition coefficient (Wildman–Crippen LogP) is 2.08. The van der Waals surface area contributed by atoms with Gasteiger partial charge in [0.15, 0.2) is 11.6 Å². The van der Waals surface area contributed by atoms with Crippen LogP contribution in [0.25, 0.3) is 22.6 Å². The van der Waals surface area contributed by atoms with Crippen LogP contribution in [0.5, 0.6) is 0 Å². The maximum atomic E-state index is 12.3. The quantitative estimate of drug-likeness (QED) is 0.627. The van der Waals surface area contributed by atoms with Crippen LogP contribution >= 0.6 is 0 Å². The number of fused-ring (bicyclic) bond motifs is 1. The summed E-state index contributed by atoms with van der Waals surface area (Å²) >= 11 is 0. The second kappa shape index (κ2) is 8.76. The third-order valence-electron chi connectivity index (χ3n) is 4.82. The number of imidazole rings is 1. The molecule has 2 aromatic heterocycles. The zero-order valence-corrected chi connectivity index (χ0v) is 16.9. The van der Waals surface area contributed by atoms with Gasteiger partial charge in [-0.05, 0) is 12.1 Å². The highest BCUT2D eigenvalue weighted by molar-refractivity contribution is 7.89. The number of aromatic nitrogens is 2. The SMILES string of the molecule is CN(C)S(=O)(=O)C[C@H]1COC[C@H]1n1ccnc1-c1cc2ccccc2o1.O=CO. The van der Waals surface area contributed by atoms with Crippen molar-refractivity contribution in [2.45, 2.75) is 6.04 Å². The molecule has 2 atom stereocenters. The molecule has 1 saturated heterocycles. The Labute approximate surface area is 168 Å². The van der Waals surface area contributed by atoms with E-state index in [0.717, 1.165) is 11.0 Å². The second-order valence-electron chi connectivity index (χ2n) is 6.84. The van der Waals surface area contributed by atoms with Crippen molar-refractivity contribution in [2.75, 3.05) is 33.1 Å². The van der Waals surface area contributed by atoms with E-state index < -0.39 is 10.0 Å². The van der Waals surface area contributed by atoms with Gasteiger partial charge in [-0.2, -0.15) is 0 Å². The Morgan fingerprint density at radius 3 is 2.72 bits per heavy atom. The standard InChI is InChI=1S/C18H21N3O4S.CH2O2/c1-20(2)26(22,23)12-14-10-24-11-15(14)21-8-7-19-18(21)17-9-13-5-3-4-6-16(13)25-17;2-1-3/h3-9,14-15H,10-12H2,1-2H3;1H,(H,2,3)/t14-,15-;/m1./s1. The van der Waals surface area contributed by atoms with Crippen LogP contribution in [0.4, 0.5) is 0 Å². The first kappa shape index (κ1) is 21.0. The van der Waals surface area contributed by atoms with E-state index in [-0.39, 0.29) is 24.2 Å². The molecule has 1 aliphatic rings. The van der Waals surface area contributed by atoms with Crippen LogP contribution in [0, 0.1) is 5.92 Å². The molecule has 1 N–H and O–H groups in total. The lowest BCUT2D eigenvalue weighted by Gasteiger charge is -2.22. The molecule has 0 bridgehead atoms. The van der Waals surface area contributed by atoms with Crippen molar-refractivity contribution in [3.63, 3.8) is 0 Å². The van der Waals surface area contributed by atoms with E-state index in [9.17, 15) is 8.42 Å². The van der Waals surface area contributed by atoms with Gasteiger partial charge in [0.25, 0.3) is 6.47 Å². The molecule has 1 aromatic carbocycles. The van der Waals surface area contributed by atoms with E-state index in [0.29, 0.717) is 24.8 Å². The molecular formula is C19H23N3O6S. The molecule has 0 unspecified atom stereocenters. The van der Waals surface area contributed by atoms with Crippen LogP contribution in [0.3, 0.4) is 0 Å². The van der Waals surface area contributed by atoms with Crippen molar-refractivity contribution in [3.8, 4) is 11.6 Å². The number of furan rings is 1. The minimum absolute atomic E-state index is 0.0441. The number of ether oxygens (including phenoxy) is 1. The van der Waals surface area contributed by atoms with Crippen LogP contribution in [-0.4, -0.2) is 66.9 Å². The van der Waals surface area contributed by atoms with Gasteiger partial charge in [-0.25, -0.2) is 17.7 Å². The third-order valence-corrected chi connectivity index (χ3v) is 6.78. The van der Waals surface area contributed by atoms with Crippen molar-refractivity contribution in [1.82, 2.24) is 13.9 Å². The summed E-state index contributed by atoms with van der Waals surface area (Å²) in [4.78, 5) is 12.8. The fourth-order valence-corrected chi connectivity index (χ4v) is 4.49. The average molecular weight is 421 g/mol. The minimum Gasteiger partial charge on any atom is -0.483 e. The molecule has 0 aliphatic carbocycles. The maximum Gasteiger partial charge on any atom is 0.290 e. The lowest BCUT2D eigenvalue weighted by Crippen LogP contribution is -2.32. The fraction of sp³-hybridized carbons (Fsp3) is 0.368. The smallest absolute Gasteiger partial charge is 0.290 e. The van der Waals surface area contributed by atoms with Crippen molar-refractivity contribution in [1.29, 1.82) is 0 Å². The van der Waals surface area contributed by atoms with Gasteiger partial charge in [0, 0.05) is 37.8 Å². The van der Waals surface area contributed by atoms with Crippen molar-refractivity contribution in [3.05, 3.63) is 42.7 Å². The first-order chi connectivity index (χ1) is 13.9. The van der Waals surface area contributed by atoms with E-state index in [4.69, 9.17) is 19.1 Å². The largest absolute Gasteiger partial charge is 0.483 e. The van der Waals surface area contributed by atoms with Crippen molar-refractivity contribution in [2.24, 2.45) is 5.92 Å². The number of para-hydroxylation sites is 1. The van der Waals surface area contributed by atoms with Gasteiger partial charge in [-0.15, -0.1) is 0 Å². The maximum absolute atomic E-state index is 12.3. The summed E-state index contributed by atoms with van der Waals surface area (Å²) < 4.78 is 39.4. The van der Waals surface area contributed by atoms with E-state index >= 15 is 0 Å². The highest BCUT2D eigenvalue weighted by Gasteiger charge is 2.35. The zero-order chi connectivity index (χ0) is 21.0. The molecule has 4 rings (SSSR count). The minimum atomic E-state index is -3.31. The molecule has 156 valence electrons. The molecule has 10 heteroatoms. The Balaban J connectivity index is 0.000000755. The van der Waals surface area contributed by atoms with Crippen LogP contribution < -0.4 is 0 Å². The Kier molecular flexibility index (Phi) is 6.36. The summed E-state index contributed by atoms with van der Waals surface area (Å²) in [6.07, 6.45) is 3.56. The van der Waals surface area contributed by atoms with Gasteiger partial charge in [0.05, 0.1) is 25.0 Å². The fourth-order valence-electron chi connectivity index (χ4n) is 3.34. The lowest BCUT2D eigenvalue weighted by molar-refractivity contribution is -0.122. The normalized spacial score (nSPS) is 19.3. The summed E-state index contributed by atoms with van der Waals surface area (Å²) in [7, 11) is -0.202. The number of carboxylic acid groups (broad SMARTS) is 1. The number of hydrogen-bond acceptors (Lipinski definition) is 6. The molecule has 1 fully saturated rings. The van der Waals surface area contributed by atoms with E-state index in [1.807, 2.05) is 41.1 Å². The summed E-state index contributed by atoms with van der Waals surface area (Å²) in [5.74, 6) is 1.25. The lowest BCUT2D eigenvalue weighted by atomic mass is 10.1. The summed E-state index contributed by atoms with van der Waals surface area (Å²) in [5, 5.41) is 7.89. The Hall–Kier alpha value is -2.69. The van der Waals surface area contributed by atoms with Crippen molar-refractivity contribution >= 4 is 27.5 Å². The molecule has 0 amide bonds. The first-order valence-electron chi connectivity index (χ1n) is 8.95. The number of rotatable bonds is 5. The molecular weight excluding hydrogens is 398 g/mol. The van der Waals surface area contributed by atoms with Gasteiger partial charge in [-0.3, -0.25) is 4.79 Å². The Morgan fingerprint density at radius 2 is 2.03 bits per heavy atom. The Bertz CT molecular complexity index is 1040. The van der Waals surface area contributed by atoms with Gasteiger partial charge >= 0.3 is 0 Å². The summed E-state index contributed by atoms with van der Waals surface area (Å²) in [6, 6.07) is 9.64. The molecule has 9 nitrogen and oxygen atoms in total. The Morgan fingerprint density at radius 1 is 1.31 bits per heavy atom. The molecule has 3 aromatic rings. The molecule has 0 saturated carbocycles. The van der Waals surface area contributed by atoms with Crippen LogP contribution in [-0.2, 0) is 19.6 Å². The summed E-state index contributed by atoms with van der Waals surface area (Å²) in [5.41, 5.74) is 0.798. The number of carbonyl (C=O) groups is 1. The molecule has 0 radical (unpaired) electrons. The van der Waals surface area contributed by atoms with E-state index in [2.05, 4.69) is 4.98 Å². The highest BCUT2D eigenvalue weighted by atomic mass is 32.2. The van der Waals surface area contributed by atoms with Gasteiger partial charge < -0.3 is 18.8 Å². The topological polar surface area (TPSA) is 115 Å². The van der Waals surface area contributed by atoms with Crippen LogP contribution in [0.1, 0.15) is 6.04 Å². The zero-order valence-electron chi connectivity index (χ0n) is 16.1. The molecule has 1 aliphatic heterocycles. The van der Waals surface area contributed by atoms with Crippen molar-refractivity contribution < 1.29 is 27.5 Å². The number of hydrogen-bond donors (Lipinski definition) is 1. The average Bonchev–Trinajstić information content (AvgIpc) is 3.40. The van der Waals surface area contributed by atoms with Gasteiger partial charge in [-0.1, -0.05) is 18.2 Å². The monoisotopic (exact) mass is 421 g/mol. The van der Waals surface area contributed by atoms with Crippen LogP contribution in [0.15, 0.2) is 47.1 Å². The molecule has 29 heavy (non-hydrogen) atoms. The van der Waals surface area contributed by atoms with Gasteiger partial charge in [0.1, 0.15) is 5.58 Å². The molecule has 3 heterocycles. The second-order valence-corrected chi connectivity index (χ2v) is 9.07. The predicted molar refractivity (Wildman–Crippen MR) is 107 cm³/mol. The number of nitrogens with zero attached hydrogens (tertiary/aromatic N) is 3. The third kappa shape index (κ3) is 4.50. The number of benzene rings is 1. The summed E-state index contributed by atoms with van der Waals surface area (Å²) in [6.45, 7) is 0.618. The first-order valence-corrected chi connectivity index (χ1v) is 10.6. The molecule has 0 spiro atoms. The van der Waals surface area contributed by atoms with E-state index in [1.165, 1.54) is 4.31 Å². The number of sulfonamides is 1. The van der Waals surface area contributed by atoms with Crippen LogP contribution in [0.2, 0.25) is 0 Å². The van der Waals surface area contributed by atoms with Gasteiger partial charge in [0.2, 0.25) is 10.0 Å². The highest BCUT2D eigenvalue weighted by Crippen LogP contribution is 2.33. The van der Waals surface area contributed by atoms with E-state index in [1.54, 1.807) is 20.3 Å².